The summed E-state index contributed by atoms with van der Waals surface area (Å²) >= 11 is 0. The van der Waals surface area contributed by atoms with Crippen LogP contribution in [0.3, 0.4) is 0 Å². The summed E-state index contributed by atoms with van der Waals surface area (Å²) in [6, 6.07) is 5.57. The fraction of sp³-hybridized carbons (Fsp3) is 0.385. The Kier molecular flexibility index (Phi) is 5.86. The minimum atomic E-state index is -3.51. The maximum Gasteiger partial charge on any atom is 0.307 e. The molecule has 0 aliphatic heterocycles. The van der Waals surface area contributed by atoms with Crippen LogP contribution in [0.2, 0.25) is 0 Å². The van der Waals surface area contributed by atoms with E-state index in [0.29, 0.717) is 5.56 Å². The summed E-state index contributed by atoms with van der Waals surface area (Å²) in [5.41, 5.74) is 0.317. The summed E-state index contributed by atoms with van der Waals surface area (Å²) in [6.07, 6.45) is 0.0787. The molecule has 0 spiro atoms. The normalized spacial score (nSPS) is 11.2. The van der Waals surface area contributed by atoms with Crippen LogP contribution in [0.15, 0.2) is 29.2 Å². The predicted molar refractivity (Wildman–Crippen MR) is 76.3 cm³/mol. The zero-order valence-corrected chi connectivity index (χ0v) is 12.9. The molecule has 0 aliphatic carbocycles. The third-order valence-corrected chi connectivity index (χ3v) is 4.57. The number of hydrogen-bond acceptors (Lipinski definition) is 5. The van der Waals surface area contributed by atoms with Crippen molar-refractivity contribution in [3.63, 3.8) is 0 Å². The highest BCUT2D eigenvalue weighted by molar-refractivity contribution is 7.89. The lowest BCUT2D eigenvalue weighted by Crippen LogP contribution is -2.26. The van der Waals surface area contributed by atoms with Gasteiger partial charge in [0.05, 0.1) is 18.4 Å². The second kappa shape index (κ2) is 7.19. The van der Waals surface area contributed by atoms with Crippen molar-refractivity contribution in [2.24, 2.45) is 0 Å². The number of hydrogen-bond donors (Lipinski definition) is 1. The van der Waals surface area contributed by atoms with Crippen LogP contribution in [0.4, 0.5) is 0 Å². The van der Waals surface area contributed by atoms with Crippen LogP contribution < -0.4 is 5.32 Å². The highest BCUT2D eigenvalue weighted by Crippen LogP contribution is 2.13. The van der Waals surface area contributed by atoms with Gasteiger partial charge in [-0.1, -0.05) is 0 Å². The van der Waals surface area contributed by atoms with E-state index in [0.717, 1.165) is 4.31 Å². The minimum Gasteiger partial charge on any atom is -0.469 e. The van der Waals surface area contributed by atoms with Crippen LogP contribution in [0.25, 0.3) is 0 Å². The van der Waals surface area contributed by atoms with Crippen molar-refractivity contribution in [1.82, 2.24) is 9.62 Å². The predicted octanol–water partition coefficient (Wildman–Crippen LogP) is 0.230. The third kappa shape index (κ3) is 4.54. The first kappa shape index (κ1) is 17.1. The Bertz CT molecular complexity index is 608. The van der Waals surface area contributed by atoms with Crippen LogP contribution in [0.5, 0.6) is 0 Å². The monoisotopic (exact) mass is 314 g/mol. The molecule has 0 saturated heterocycles. The van der Waals surface area contributed by atoms with E-state index in [2.05, 4.69) is 10.1 Å². The van der Waals surface area contributed by atoms with E-state index in [4.69, 9.17) is 0 Å². The molecule has 1 aromatic carbocycles. The highest BCUT2D eigenvalue weighted by Gasteiger charge is 2.17. The molecule has 0 bridgehead atoms. The number of sulfonamides is 1. The van der Waals surface area contributed by atoms with Gasteiger partial charge >= 0.3 is 5.97 Å². The summed E-state index contributed by atoms with van der Waals surface area (Å²) in [5.74, 6) is -0.796. The number of nitrogens with zero attached hydrogens (tertiary/aromatic N) is 1. The van der Waals surface area contributed by atoms with Gasteiger partial charge in [0.1, 0.15) is 0 Å². The molecule has 0 unspecified atom stereocenters. The van der Waals surface area contributed by atoms with Crippen molar-refractivity contribution in [2.75, 3.05) is 27.7 Å². The Morgan fingerprint density at radius 2 is 1.76 bits per heavy atom. The second-order valence-corrected chi connectivity index (χ2v) is 6.55. The molecule has 1 N–H and O–H groups in total. The fourth-order valence-electron chi connectivity index (χ4n) is 1.47. The number of nitrogens with one attached hydrogen (secondary N) is 1. The molecule has 21 heavy (non-hydrogen) atoms. The molecule has 116 valence electrons. The fourth-order valence-corrected chi connectivity index (χ4v) is 2.37. The second-order valence-electron chi connectivity index (χ2n) is 4.39. The maximum atomic E-state index is 11.9. The quantitative estimate of drug-likeness (QED) is 0.759. The van der Waals surface area contributed by atoms with Crippen molar-refractivity contribution >= 4 is 21.9 Å². The summed E-state index contributed by atoms with van der Waals surface area (Å²) < 4.78 is 29.3. The van der Waals surface area contributed by atoms with E-state index >= 15 is 0 Å². The van der Waals surface area contributed by atoms with E-state index in [9.17, 15) is 18.0 Å². The Morgan fingerprint density at radius 1 is 1.19 bits per heavy atom. The van der Waals surface area contributed by atoms with Crippen molar-refractivity contribution in [3.8, 4) is 0 Å². The topological polar surface area (TPSA) is 92.8 Å². The molecule has 0 radical (unpaired) electrons. The summed E-state index contributed by atoms with van der Waals surface area (Å²) in [7, 11) is 0.628. The number of esters is 1. The molecule has 0 aromatic heterocycles. The molecule has 1 aromatic rings. The Morgan fingerprint density at radius 3 is 2.24 bits per heavy atom. The van der Waals surface area contributed by atoms with Gasteiger partial charge in [0.25, 0.3) is 5.91 Å². The molecular weight excluding hydrogens is 296 g/mol. The molecule has 0 heterocycles. The number of ether oxygens (including phenoxy) is 1. The molecular formula is C13H18N2O5S. The molecule has 8 heteroatoms. The van der Waals surface area contributed by atoms with Crippen molar-refractivity contribution in [3.05, 3.63) is 29.8 Å². The zero-order valence-electron chi connectivity index (χ0n) is 12.1. The van der Waals surface area contributed by atoms with Crippen LogP contribution in [-0.2, 0) is 19.6 Å². The first-order chi connectivity index (χ1) is 9.78. The van der Waals surface area contributed by atoms with E-state index in [1.165, 1.54) is 45.5 Å². The first-order valence-electron chi connectivity index (χ1n) is 6.16. The van der Waals surface area contributed by atoms with Gasteiger partial charge in [0.2, 0.25) is 10.0 Å². The van der Waals surface area contributed by atoms with E-state index in [1.807, 2.05) is 0 Å². The lowest BCUT2D eigenvalue weighted by atomic mass is 10.2. The summed E-state index contributed by atoms with van der Waals surface area (Å²) in [4.78, 5) is 22.8. The van der Waals surface area contributed by atoms with Crippen LogP contribution in [0.1, 0.15) is 16.8 Å². The number of carbonyl (C=O) groups excluding carboxylic acids is 2. The van der Waals surface area contributed by atoms with E-state index in [-0.39, 0.29) is 23.8 Å². The number of carbonyl (C=O) groups is 2. The van der Waals surface area contributed by atoms with Gasteiger partial charge in [0.15, 0.2) is 0 Å². The molecule has 0 atom stereocenters. The van der Waals surface area contributed by atoms with Crippen molar-refractivity contribution in [2.45, 2.75) is 11.3 Å². The lowest BCUT2D eigenvalue weighted by Gasteiger charge is -2.11. The molecule has 0 fully saturated rings. The van der Waals surface area contributed by atoms with Crippen LogP contribution in [0, 0.1) is 0 Å². The first-order valence-corrected chi connectivity index (χ1v) is 7.60. The number of methoxy groups -OCH3 is 1. The summed E-state index contributed by atoms with van der Waals surface area (Å²) in [5, 5.41) is 2.55. The third-order valence-electron chi connectivity index (χ3n) is 2.74. The van der Waals surface area contributed by atoms with Gasteiger partial charge in [-0.05, 0) is 24.3 Å². The van der Waals surface area contributed by atoms with Gasteiger partial charge in [0, 0.05) is 26.2 Å². The number of benzene rings is 1. The minimum absolute atomic E-state index is 0.0787. The smallest absolute Gasteiger partial charge is 0.307 e. The van der Waals surface area contributed by atoms with Gasteiger partial charge in [-0.3, -0.25) is 9.59 Å². The Hall–Kier alpha value is -1.93. The summed E-state index contributed by atoms with van der Waals surface area (Å²) in [6.45, 7) is 0.156. The molecule has 7 nitrogen and oxygen atoms in total. The van der Waals surface area contributed by atoms with Gasteiger partial charge in [-0.15, -0.1) is 0 Å². The average molecular weight is 314 g/mol. The standard InChI is InChI=1S/C13H18N2O5S/c1-15(2)21(18,19)11-6-4-10(5-7-11)13(17)14-9-8-12(16)20-3/h4-7H,8-9H2,1-3H3,(H,14,17). The van der Waals surface area contributed by atoms with E-state index in [1.54, 1.807) is 0 Å². The van der Waals surface area contributed by atoms with Crippen LogP contribution >= 0.6 is 0 Å². The Labute approximate surface area is 123 Å². The highest BCUT2D eigenvalue weighted by atomic mass is 32.2. The number of amides is 1. The van der Waals surface area contributed by atoms with Gasteiger partial charge in [-0.25, -0.2) is 12.7 Å². The van der Waals surface area contributed by atoms with Gasteiger partial charge in [-0.2, -0.15) is 0 Å². The number of rotatable bonds is 6. The van der Waals surface area contributed by atoms with Crippen molar-refractivity contribution in [1.29, 1.82) is 0 Å². The SMILES string of the molecule is COC(=O)CCNC(=O)c1ccc(S(=O)(=O)N(C)C)cc1. The lowest BCUT2D eigenvalue weighted by molar-refractivity contribution is -0.140. The largest absolute Gasteiger partial charge is 0.469 e. The van der Waals surface area contributed by atoms with Crippen LogP contribution in [-0.4, -0.2) is 52.3 Å². The molecule has 1 rings (SSSR count). The molecule has 0 saturated carbocycles. The van der Waals surface area contributed by atoms with Crippen molar-refractivity contribution < 1.29 is 22.7 Å². The van der Waals surface area contributed by atoms with Gasteiger partial charge < -0.3 is 10.1 Å². The maximum absolute atomic E-state index is 11.9. The van der Waals surface area contributed by atoms with E-state index < -0.39 is 16.0 Å². The molecule has 1 amide bonds. The zero-order chi connectivity index (χ0) is 16.0. The molecule has 0 aliphatic rings. The Balaban J connectivity index is 2.70. The average Bonchev–Trinajstić information content (AvgIpc) is 2.46.